The number of aromatic nitrogens is 2. The number of carbonyl (C=O) groups is 1. The summed E-state index contributed by atoms with van der Waals surface area (Å²) in [6, 6.07) is 24.3. The lowest BCUT2D eigenvalue weighted by molar-refractivity contribution is -0.134. The molecule has 1 amide bonds. The van der Waals surface area contributed by atoms with Crippen molar-refractivity contribution in [3.05, 3.63) is 101 Å². The highest BCUT2D eigenvalue weighted by Gasteiger charge is 2.27. The number of unbranched alkanes of at least 4 members (excludes halogenated alkanes) is 1. The van der Waals surface area contributed by atoms with E-state index in [1.807, 2.05) is 91.5 Å². The van der Waals surface area contributed by atoms with Crippen molar-refractivity contribution in [2.45, 2.75) is 52.6 Å². The van der Waals surface area contributed by atoms with Gasteiger partial charge in [-0.25, -0.2) is 4.98 Å². The van der Waals surface area contributed by atoms with Crippen LogP contribution in [0.2, 0.25) is 0 Å². The molecule has 36 heavy (non-hydrogen) atoms. The number of carbonyl (C=O) groups excluding carboxylic acids is 1. The molecule has 1 heterocycles. The van der Waals surface area contributed by atoms with Crippen LogP contribution in [0.25, 0.3) is 16.6 Å². The van der Waals surface area contributed by atoms with Crippen molar-refractivity contribution >= 4 is 16.8 Å². The molecule has 0 saturated carbocycles. The van der Waals surface area contributed by atoms with Gasteiger partial charge < -0.3 is 9.64 Å². The lowest BCUT2D eigenvalue weighted by Gasteiger charge is -2.31. The van der Waals surface area contributed by atoms with Gasteiger partial charge in [-0.05, 0) is 50.1 Å². The quantitative estimate of drug-likeness (QED) is 0.275. The molecule has 1 aromatic heterocycles. The summed E-state index contributed by atoms with van der Waals surface area (Å²) in [5, 5.41) is 0.520. The monoisotopic (exact) mass is 483 g/mol. The number of ether oxygens (including phenoxy) is 1. The van der Waals surface area contributed by atoms with Gasteiger partial charge in [0.05, 0.1) is 29.2 Å². The summed E-state index contributed by atoms with van der Waals surface area (Å²) in [5.74, 6) is 1.14. The zero-order valence-corrected chi connectivity index (χ0v) is 21.2. The number of para-hydroxylation sites is 3. The number of nitrogens with zero attached hydrogens (tertiary/aromatic N) is 3. The maximum atomic E-state index is 13.9. The summed E-state index contributed by atoms with van der Waals surface area (Å²) in [4.78, 5) is 34.2. The van der Waals surface area contributed by atoms with Crippen LogP contribution in [0.4, 0.5) is 0 Å². The summed E-state index contributed by atoms with van der Waals surface area (Å²) in [6.45, 7) is 6.83. The van der Waals surface area contributed by atoms with Gasteiger partial charge in [0.1, 0.15) is 11.6 Å². The Hall–Kier alpha value is -3.93. The van der Waals surface area contributed by atoms with Crippen LogP contribution in [0.5, 0.6) is 5.75 Å². The largest absolute Gasteiger partial charge is 0.492 e. The predicted molar refractivity (Wildman–Crippen MR) is 143 cm³/mol. The van der Waals surface area contributed by atoms with E-state index in [0.717, 1.165) is 18.4 Å². The number of hydrogen-bond acceptors (Lipinski definition) is 4. The minimum Gasteiger partial charge on any atom is -0.492 e. The van der Waals surface area contributed by atoms with Crippen molar-refractivity contribution in [1.29, 1.82) is 0 Å². The molecular formula is C30H33N3O3. The van der Waals surface area contributed by atoms with Crippen LogP contribution in [0, 0.1) is 0 Å². The zero-order valence-electron chi connectivity index (χ0n) is 21.2. The fraction of sp³-hybridized carbons (Fsp3) is 0.300. The Labute approximate surface area is 212 Å². The maximum Gasteiger partial charge on any atom is 0.266 e. The molecule has 0 aliphatic heterocycles. The summed E-state index contributed by atoms with van der Waals surface area (Å²) < 4.78 is 7.50. The second-order valence-electron chi connectivity index (χ2n) is 8.82. The van der Waals surface area contributed by atoms with Crippen LogP contribution in [-0.2, 0) is 11.3 Å². The van der Waals surface area contributed by atoms with Crippen LogP contribution in [0.15, 0.2) is 83.7 Å². The van der Waals surface area contributed by atoms with Crippen molar-refractivity contribution in [2.75, 3.05) is 6.61 Å². The average molecular weight is 484 g/mol. The van der Waals surface area contributed by atoms with Crippen LogP contribution in [0.1, 0.15) is 57.5 Å². The summed E-state index contributed by atoms with van der Waals surface area (Å²) in [6.07, 6.45) is 2.18. The number of benzene rings is 3. The summed E-state index contributed by atoms with van der Waals surface area (Å²) >= 11 is 0. The van der Waals surface area contributed by atoms with Gasteiger partial charge >= 0.3 is 0 Å². The Morgan fingerprint density at radius 1 is 0.972 bits per heavy atom. The lowest BCUT2D eigenvalue weighted by atomic mass is 10.1. The van der Waals surface area contributed by atoms with Gasteiger partial charge in [0.2, 0.25) is 5.91 Å². The standard InChI is InChI=1S/C30H33N3O3/c1-4-6-20-28(34)32(21-23-14-8-7-9-15-23)22(3)29-31-25-17-11-10-16-24(25)30(35)33(29)26-18-12-13-19-27(26)36-5-2/h7-19,22H,4-6,20-21H2,1-3H3. The summed E-state index contributed by atoms with van der Waals surface area (Å²) in [7, 11) is 0. The van der Waals surface area contributed by atoms with E-state index in [4.69, 9.17) is 9.72 Å². The maximum absolute atomic E-state index is 13.9. The third-order valence-electron chi connectivity index (χ3n) is 6.31. The Morgan fingerprint density at radius 3 is 2.42 bits per heavy atom. The molecule has 1 unspecified atom stereocenters. The van der Waals surface area contributed by atoms with E-state index in [2.05, 4.69) is 6.92 Å². The molecule has 0 bridgehead atoms. The van der Waals surface area contributed by atoms with Crippen LogP contribution < -0.4 is 10.3 Å². The van der Waals surface area contributed by atoms with Crippen molar-refractivity contribution in [1.82, 2.24) is 14.5 Å². The second-order valence-corrected chi connectivity index (χ2v) is 8.82. The second kappa shape index (κ2) is 11.7. The number of amides is 1. The van der Waals surface area contributed by atoms with Crippen molar-refractivity contribution in [3.8, 4) is 11.4 Å². The van der Waals surface area contributed by atoms with Crippen molar-refractivity contribution < 1.29 is 9.53 Å². The first-order valence-corrected chi connectivity index (χ1v) is 12.6. The molecule has 0 saturated heterocycles. The normalized spacial score (nSPS) is 11.9. The molecule has 0 radical (unpaired) electrons. The minimum atomic E-state index is -0.457. The molecule has 4 rings (SSSR count). The van der Waals surface area contributed by atoms with E-state index in [0.29, 0.717) is 47.7 Å². The van der Waals surface area contributed by atoms with E-state index in [9.17, 15) is 9.59 Å². The van der Waals surface area contributed by atoms with Crippen LogP contribution in [0.3, 0.4) is 0 Å². The van der Waals surface area contributed by atoms with Gasteiger partial charge in [0.25, 0.3) is 5.56 Å². The first-order valence-electron chi connectivity index (χ1n) is 12.6. The Balaban J connectivity index is 1.91. The highest BCUT2D eigenvalue weighted by molar-refractivity contribution is 5.79. The average Bonchev–Trinajstić information content (AvgIpc) is 2.91. The first kappa shape index (κ1) is 25.2. The minimum absolute atomic E-state index is 0.0419. The molecule has 6 heteroatoms. The number of rotatable bonds is 10. The molecule has 6 nitrogen and oxygen atoms in total. The molecular weight excluding hydrogens is 450 g/mol. The molecule has 0 aliphatic rings. The fourth-order valence-electron chi connectivity index (χ4n) is 4.41. The van der Waals surface area contributed by atoms with E-state index >= 15 is 0 Å². The predicted octanol–water partition coefficient (Wildman–Crippen LogP) is 6.06. The third-order valence-corrected chi connectivity index (χ3v) is 6.31. The van der Waals surface area contributed by atoms with Gasteiger partial charge in [0, 0.05) is 13.0 Å². The SMILES string of the molecule is CCCCC(=O)N(Cc1ccccc1)C(C)c1nc2ccccc2c(=O)n1-c1ccccc1OCC. The lowest BCUT2D eigenvalue weighted by Crippen LogP contribution is -2.37. The van der Waals surface area contributed by atoms with Gasteiger partial charge in [-0.3, -0.25) is 14.2 Å². The smallest absolute Gasteiger partial charge is 0.266 e. The van der Waals surface area contributed by atoms with Crippen molar-refractivity contribution in [2.24, 2.45) is 0 Å². The first-order chi connectivity index (χ1) is 17.5. The van der Waals surface area contributed by atoms with Gasteiger partial charge in [-0.1, -0.05) is 67.9 Å². The van der Waals surface area contributed by atoms with E-state index in [-0.39, 0.29) is 11.5 Å². The van der Waals surface area contributed by atoms with E-state index in [1.54, 1.807) is 10.6 Å². The van der Waals surface area contributed by atoms with Crippen LogP contribution >= 0.6 is 0 Å². The molecule has 186 valence electrons. The molecule has 0 aliphatic carbocycles. The fourth-order valence-corrected chi connectivity index (χ4v) is 4.41. The van der Waals surface area contributed by atoms with Gasteiger partial charge in [-0.2, -0.15) is 0 Å². The topological polar surface area (TPSA) is 64.4 Å². The van der Waals surface area contributed by atoms with E-state index < -0.39 is 6.04 Å². The number of fused-ring (bicyclic) bond motifs is 1. The molecule has 4 aromatic rings. The molecule has 0 spiro atoms. The third kappa shape index (κ3) is 5.33. The van der Waals surface area contributed by atoms with E-state index in [1.165, 1.54) is 0 Å². The molecule has 3 aromatic carbocycles. The summed E-state index contributed by atoms with van der Waals surface area (Å²) in [5.41, 5.74) is 2.06. The Kier molecular flexibility index (Phi) is 8.16. The van der Waals surface area contributed by atoms with Gasteiger partial charge in [0.15, 0.2) is 0 Å². The highest BCUT2D eigenvalue weighted by atomic mass is 16.5. The van der Waals surface area contributed by atoms with Gasteiger partial charge in [-0.15, -0.1) is 0 Å². The zero-order chi connectivity index (χ0) is 25.5. The Morgan fingerprint density at radius 2 is 1.67 bits per heavy atom. The molecule has 0 fully saturated rings. The molecule has 0 N–H and O–H groups in total. The van der Waals surface area contributed by atoms with Crippen LogP contribution in [-0.4, -0.2) is 27.0 Å². The Bertz CT molecular complexity index is 1380. The highest BCUT2D eigenvalue weighted by Crippen LogP contribution is 2.29. The molecule has 1 atom stereocenters. The van der Waals surface area contributed by atoms with Crippen molar-refractivity contribution in [3.63, 3.8) is 0 Å². The number of hydrogen-bond donors (Lipinski definition) is 0.